The number of carboxylic acid groups (broad SMARTS) is 1. The molecule has 4 heterocycles. The second-order valence-electron chi connectivity index (χ2n) is 45.5. The lowest BCUT2D eigenvalue weighted by molar-refractivity contribution is -0.354. The lowest BCUT2D eigenvalue weighted by atomic mass is 9.32. The van der Waals surface area contributed by atoms with Gasteiger partial charge >= 0.3 is 53.7 Å². The Bertz CT molecular complexity index is 4140. The zero-order chi connectivity index (χ0) is 97.2. The van der Waals surface area contributed by atoms with Gasteiger partial charge in [0.1, 0.15) is 24.4 Å². The molecule has 40 atom stereocenters. The van der Waals surface area contributed by atoms with E-state index < -0.39 is 119 Å². The first-order valence-electron chi connectivity index (χ1n) is 50.7. The van der Waals surface area contributed by atoms with E-state index in [1.54, 1.807) is 0 Å². The number of allylic oxidation sites excluding steroid dienone is 2. The number of esters is 8. The van der Waals surface area contributed by atoms with Crippen LogP contribution in [0.4, 0.5) is 0 Å². The van der Waals surface area contributed by atoms with Crippen molar-refractivity contribution in [3.63, 3.8) is 0 Å². The number of carbonyl (C=O) groups is 9. The van der Waals surface area contributed by atoms with Gasteiger partial charge in [-0.2, -0.15) is 0 Å². The van der Waals surface area contributed by atoms with Crippen LogP contribution >= 0.6 is 0 Å². The molecule has 14 fully saturated rings. The maximum absolute atomic E-state index is 14.0. The van der Waals surface area contributed by atoms with Crippen molar-refractivity contribution in [1.29, 1.82) is 0 Å². The average Bonchev–Trinajstić information content (AvgIpc) is 1.66. The predicted octanol–water partition coefficient (Wildman–Crippen LogP) is 19.1. The third kappa shape index (κ3) is 18.0. The molecule has 0 spiro atoms. The lowest BCUT2D eigenvalue weighted by Gasteiger charge is -2.73. The maximum atomic E-state index is 14.0. The van der Waals surface area contributed by atoms with E-state index in [9.17, 15) is 48.3 Å². The molecule has 25 nitrogen and oxygen atoms in total. The highest BCUT2D eigenvalue weighted by Crippen LogP contribution is 2.81. The van der Waals surface area contributed by atoms with Crippen LogP contribution in [0.1, 0.15) is 319 Å². The fourth-order valence-corrected chi connectivity index (χ4v) is 31.4. The van der Waals surface area contributed by atoms with Gasteiger partial charge in [0.2, 0.25) is 0 Å². The van der Waals surface area contributed by atoms with Gasteiger partial charge in [-0.1, -0.05) is 136 Å². The predicted molar refractivity (Wildman–Crippen MR) is 483 cm³/mol. The Morgan fingerprint density at radius 1 is 0.372 bits per heavy atom. The van der Waals surface area contributed by atoms with Crippen LogP contribution in [-0.4, -0.2) is 171 Å². The summed E-state index contributed by atoms with van der Waals surface area (Å²) in [6, 6.07) is 0. The van der Waals surface area contributed by atoms with Gasteiger partial charge in [0.25, 0.3) is 0 Å². The number of rotatable bonds is 20. The summed E-state index contributed by atoms with van der Waals surface area (Å²) >= 11 is 0. The summed E-state index contributed by atoms with van der Waals surface area (Å²) in [5, 5.41) is 10.8. The molecule has 0 radical (unpaired) electrons. The summed E-state index contributed by atoms with van der Waals surface area (Å²) in [4.78, 5) is 114. The second-order valence-corrected chi connectivity index (χ2v) is 45.5. The van der Waals surface area contributed by atoms with Crippen LogP contribution in [0.2, 0.25) is 0 Å². The van der Waals surface area contributed by atoms with Crippen molar-refractivity contribution in [3.8, 4) is 0 Å². The third-order valence-electron chi connectivity index (χ3n) is 39.1. The number of hydrogen-bond donors (Lipinski definition) is 1. The molecule has 0 aromatic rings. The van der Waals surface area contributed by atoms with E-state index in [0.29, 0.717) is 43.8 Å². The molecule has 8 unspecified atom stereocenters. The third-order valence-corrected chi connectivity index (χ3v) is 39.1. The molecule has 1 N–H and O–H groups in total. The molecule has 129 heavy (non-hydrogen) atoms. The summed E-state index contributed by atoms with van der Waals surface area (Å²) in [5.41, 5.74) is -0.564. The highest BCUT2D eigenvalue weighted by atomic mass is 16.8. The SMILES string of the molecule is C=C(C)[C@@H]1CC[C@]2(C(=O)O)CC[C@]3(C)C(CCC4[C@@]5(C)CC[C@H](O[C@@H]6OC[C@H](C)[C@H](C)[C@H]6O[C@@H]6O[C@@H](C)[C@H](C)[C@@H](OC(C)=O)[C@H]6OC(C)=O)[C@@](C)(COC(C)=O)C5CC[C@]43C)C12.C=C(C)[C@@H]1CC[C@]2(C(=O)OC(C)=O)CC[C@]3(C)C(CCC4[C@@]5(C)CC[C@H](O[C@@H]6OC[C@H](C)[C@H](C)[C@H]6O[C@@H]6O[C@@H](C)[C@H](C)[C@@H](OC(C)=O)[C@H]6OC(C)=O)[C@@](C)(COC(C)=O)C5CC[C@]43C)C12.[2H]C.[2H]C. The molecule has 14 aliphatic rings. The molecule has 0 amide bonds. The Balaban J connectivity index is 0.000000244. The van der Waals surface area contributed by atoms with Gasteiger partial charge in [0.15, 0.2) is 37.4 Å². The van der Waals surface area contributed by atoms with Crippen LogP contribution < -0.4 is 0 Å². The number of aliphatic carboxylic acids is 1. The Morgan fingerprint density at radius 3 is 1.08 bits per heavy atom. The Hall–Kier alpha value is -5.41. The van der Waals surface area contributed by atoms with E-state index in [1.165, 1.54) is 63.3 Å². The summed E-state index contributed by atoms with van der Waals surface area (Å²) in [5.74, 6) is -2.34. The van der Waals surface area contributed by atoms with Crippen LogP contribution in [-0.2, 0) is 114 Å². The molecule has 0 aromatic heterocycles. The van der Waals surface area contributed by atoms with E-state index in [2.05, 4.69) is 110 Å². The zero-order valence-corrected chi connectivity index (χ0v) is 83.5. The number of ether oxygens (including phenoxy) is 15. The van der Waals surface area contributed by atoms with Gasteiger partial charge in [-0.05, 0) is 271 Å². The molecule has 10 saturated carbocycles. The van der Waals surface area contributed by atoms with Crippen molar-refractivity contribution in [2.45, 2.75) is 403 Å². The first-order valence-corrected chi connectivity index (χ1v) is 48.7. The maximum Gasteiger partial charge on any atom is 0.320 e. The molecule has 0 bridgehead atoms. The van der Waals surface area contributed by atoms with Crippen molar-refractivity contribution in [1.82, 2.24) is 0 Å². The fraction of sp³-hybridized carbons (Fsp3) is 0.875. The highest BCUT2D eigenvalue weighted by Gasteiger charge is 2.76. The molecule has 25 heteroatoms. The number of fused-ring (bicyclic) bond motifs is 14. The molecular formula is C104H166O25. The van der Waals surface area contributed by atoms with Crippen molar-refractivity contribution < 1.29 is 122 Å². The summed E-state index contributed by atoms with van der Waals surface area (Å²) in [6.45, 7) is 59.5. The highest BCUT2D eigenvalue weighted by molar-refractivity contribution is 5.88. The van der Waals surface area contributed by atoms with Crippen LogP contribution in [0.15, 0.2) is 24.3 Å². The number of carboxylic acids is 1. The first-order chi connectivity index (χ1) is 61.3. The van der Waals surface area contributed by atoms with Crippen molar-refractivity contribution >= 4 is 53.7 Å². The number of hydrogen-bond acceptors (Lipinski definition) is 24. The molecular weight excluding hydrogens is 1650 g/mol. The van der Waals surface area contributed by atoms with Gasteiger partial charge in [-0.25, -0.2) is 0 Å². The zero-order valence-electron chi connectivity index (χ0n) is 85.5. The summed E-state index contributed by atoms with van der Waals surface area (Å²) in [7, 11) is 2.50. The van der Waals surface area contributed by atoms with E-state index in [1.807, 2.05) is 27.7 Å². The molecule has 0 aromatic carbocycles. The molecule has 4 saturated heterocycles. The first kappa shape index (κ1) is 101. The van der Waals surface area contributed by atoms with Crippen molar-refractivity contribution in [2.24, 2.45) is 149 Å². The van der Waals surface area contributed by atoms with Gasteiger partial charge in [-0.3, -0.25) is 43.2 Å². The van der Waals surface area contributed by atoms with Crippen LogP contribution in [0.3, 0.4) is 0 Å². The summed E-state index contributed by atoms with van der Waals surface area (Å²) < 4.78 is 106. The Kier molecular flexibility index (Phi) is 30.3. The van der Waals surface area contributed by atoms with E-state index in [0.717, 1.165) is 127 Å². The van der Waals surface area contributed by atoms with Gasteiger partial charge in [-0.15, -0.1) is 0 Å². The smallest absolute Gasteiger partial charge is 0.320 e. The molecule has 4 aliphatic heterocycles. The van der Waals surface area contributed by atoms with Gasteiger partial charge in [0, 0.05) is 73.9 Å². The minimum Gasteiger partial charge on any atom is -0.481 e. The lowest BCUT2D eigenvalue weighted by Crippen LogP contribution is -2.68. The largest absolute Gasteiger partial charge is 0.481 e. The Morgan fingerprint density at radius 2 is 0.729 bits per heavy atom. The molecule has 732 valence electrons. The fourth-order valence-electron chi connectivity index (χ4n) is 31.4. The van der Waals surface area contributed by atoms with E-state index in [4.69, 9.17) is 73.8 Å². The topological polar surface area (TPSA) is 312 Å². The monoisotopic (exact) mass is 1820 g/mol. The van der Waals surface area contributed by atoms with E-state index in [-0.39, 0.29) is 165 Å². The van der Waals surface area contributed by atoms with Crippen LogP contribution in [0.25, 0.3) is 0 Å². The van der Waals surface area contributed by atoms with Crippen LogP contribution in [0, 0.1) is 149 Å². The normalized spacial score (nSPS) is 48.2. The molecule has 10 aliphatic carbocycles. The van der Waals surface area contributed by atoms with Crippen molar-refractivity contribution in [2.75, 3.05) is 26.4 Å². The molecule has 14 rings (SSSR count). The average molecular weight is 1820 g/mol. The minimum absolute atomic E-state index is 0.00184. The van der Waals surface area contributed by atoms with Crippen molar-refractivity contribution in [3.05, 3.63) is 24.3 Å². The van der Waals surface area contributed by atoms with Gasteiger partial charge in [0.05, 0.1) is 61.7 Å². The van der Waals surface area contributed by atoms with Crippen LogP contribution in [0.5, 0.6) is 0 Å². The second kappa shape index (κ2) is 38.6. The van der Waals surface area contributed by atoms with E-state index >= 15 is 0 Å². The Labute approximate surface area is 774 Å². The minimum atomic E-state index is -1.06. The number of carbonyl (C=O) groups excluding carboxylic acids is 8. The summed E-state index contributed by atoms with van der Waals surface area (Å²) in [6.07, 6.45) is 7.72. The van der Waals surface area contributed by atoms with Gasteiger partial charge < -0.3 is 76.2 Å². The standard InChI is InChI=1S/C52H80O13.C50H78O12.2CH4/c1-27(2)36-17-22-52(47(57)63-35(10)56)24-23-50(13)37(41(36)52)15-16-39-48(11)20-19-40(49(12,26-59-32(7)53)38(48)18-21-51(39,50)14)64-45-43(29(4)28(3)25-58-45)65-46-44(62-34(9)55)42(61-33(8)54)30(5)31(6)60-46;1-26(2)34-16-21-50(45(54)55)23-22-48(12)35(39(34)50)14-15-37-46(10)19-18-38(47(11,25-57-31(7)51)36(46)17-20-49(37,48)13)61-43-41(28(4)27(3)24-56-43)62-44-42(60-33(9)53)40(59-32(8)52)29(5)30(6)58-44;;/h28-31,36-46H,1,15-26H2,2-14H3;27-30,34-44H,1,14-25H2,2-13H3,(H,54,55);2*1H4/t28-,29-,30-,31-,36-,37?,38?,39?,40-,41?,42+,43+,44+,45-,46-,48-,49-,50+,51+,52-;27-,28-,29-,30-,34-,35?,36?,37?,38-,39?,40+,41+,42+,43-,44-,46-,47-,48+,49+,50-;;/m00../s1/i;;2*1D. The quantitative estimate of drug-likeness (QED) is 0.0389.